The number of aryl methyl sites for hydroxylation is 4. The van der Waals surface area contributed by atoms with Crippen LogP contribution < -0.4 is 4.74 Å². The van der Waals surface area contributed by atoms with E-state index >= 15 is 0 Å². The second-order valence-electron chi connectivity index (χ2n) is 10.2. The Morgan fingerprint density at radius 1 is 0.700 bits per heavy atom. The maximum atomic E-state index is 13.2. The Hall–Kier alpha value is -4.71. The van der Waals surface area contributed by atoms with E-state index < -0.39 is 17.5 Å². The number of cyclic esters (lactones) is 1. The van der Waals surface area contributed by atoms with Gasteiger partial charge in [-0.25, -0.2) is 14.4 Å². The Morgan fingerprint density at radius 2 is 1.20 bits per heavy atom. The Labute approximate surface area is 233 Å². The minimum absolute atomic E-state index is 0.302. The minimum Gasteiger partial charge on any atom is -0.465 e. The summed E-state index contributed by atoms with van der Waals surface area (Å²) in [5.41, 5.74) is 7.25. The fraction of sp³-hybridized carbons (Fsp3) is 0.206. The van der Waals surface area contributed by atoms with Gasteiger partial charge in [0.15, 0.2) is 5.60 Å². The SMILES string of the molecule is COC(=O)c1ccc(C(=O)Oc2c(C)cc(C3(c4cc(C)c(C)c(C)c4)OC(=O)c4ccccc43)cc2C)cc1. The molecule has 4 aromatic carbocycles. The molecule has 40 heavy (non-hydrogen) atoms. The van der Waals surface area contributed by atoms with E-state index in [9.17, 15) is 14.4 Å². The molecular formula is C34H30O6. The van der Waals surface area contributed by atoms with Crippen LogP contribution in [0.2, 0.25) is 0 Å². The van der Waals surface area contributed by atoms with Crippen molar-refractivity contribution in [1.29, 1.82) is 0 Å². The molecule has 0 bridgehead atoms. The summed E-state index contributed by atoms with van der Waals surface area (Å²) in [4.78, 5) is 37.9. The lowest BCUT2D eigenvalue weighted by Gasteiger charge is -2.32. The van der Waals surface area contributed by atoms with E-state index in [0.717, 1.165) is 38.9 Å². The van der Waals surface area contributed by atoms with E-state index in [2.05, 4.69) is 32.9 Å². The molecule has 5 rings (SSSR count). The van der Waals surface area contributed by atoms with Crippen molar-refractivity contribution in [2.45, 2.75) is 40.2 Å². The van der Waals surface area contributed by atoms with Crippen molar-refractivity contribution in [1.82, 2.24) is 0 Å². The molecule has 0 aromatic heterocycles. The van der Waals surface area contributed by atoms with Crippen molar-refractivity contribution in [2.75, 3.05) is 7.11 Å². The average Bonchev–Trinajstić information content (AvgIpc) is 3.26. The zero-order chi connectivity index (χ0) is 28.8. The van der Waals surface area contributed by atoms with Gasteiger partial charge < -0.3 is 14.2 Å². The molecule has 1 aliphatic heterocycles. The summed E-state index contributed by atoms with van der Waals surface area (Å²) in [5.74, 6) is -0.987. The highest BCUT2D eigenvalue weighted by Crippen LogP contribution is 2.48. The average molecular weight is 535 g/mol. The smallest absolute Gasteiger partial charge is 0.343 e. The van der Waals surface area contributed by atoms with E-state index in [1.807, 2.05) is 44.2 Å². The van der Waals surface area contributed by atoms with E-state index in [1.165, 1.54) is 36.9 Å². The van der Waals surface area contributed by atoms with E-state index in [4.69, 9.17) is 14.2 Å². The number of benzene rings is 4. The Morgan fingerprint density at radius 3 is 1.75 bits per heavy atom. The molecule has 202 valence electrons. The van der Waals surface area contributed by atoms with Gasteiger partial charge in [-0.05, 0) is 105 Å². The quantitative estimate of drug-likeness (QED) is 0.210. The van der Waals surface area contributed by atoms with Gasteiger partial charge in [-0.2, -0.15) is 0 Å². The predicted octanol–water partition coefficient (Wildman–Crippen LogP) is 6.70. The third-order valence-electron chi connectivity index (χ3n) is 7.71. The molecule has 6 heteroatoms. The van der Waals surface area contributed by atoms with Crippen LogP contribution in [0.4, 0.5) is 0 Å². The van der Waals surface area contributed by atoms with Crippen molar-refractivity contribution < 1.29 is 28.6 Å². The van der Waals surface area contributed by atoms with Gasteiger partial charge in [-0.15, -0.1) is 0 Å². The molecule has 0 saturated heterocycles. The molecule has 0 radical (unpaired) electrons. The predicted molar refractivity (Wildman–Crippen MR) is 151 cm³/mol. The summed E-state index contributed by atoms with van der Waals surface area (Å²) < 4.78 is 16.8. The first-order valence-corrected chi connectivity index (χ1v) is 13.0. The number of fused-ring (bicyclic) bond motifs is 1. The second kappa shape index (κ2) is 10.1. The zero-order valence-corrected chi connectivity index (χ0v) is 23.4. The van der Waals surface area contributed by atoms with Crippen LogP contribution in [0.1, 0.15) is 75.6 Å². The van der Waals surface area contributed by atoms with Gasteiger partial charge in [0, 0.05) is 16.7 Å². The van der Waals surface area contributed by atoms with Gasteiger partial charge in [0.05, 0.1) is 23.8 Å². The minimum atomic E-state index is -1.15. The fourth-order valence-corrected chi connectivity index (χ4v) is 5.38. The number of hydrogen-bond acceptors (Lipinski definition) is 6. The van der Waals surface area contributed by atoms with E-state index in [1.54, 1.807) is 6.07 Å². The lowest BCUT2D eigenvalue weighted by molar-refractivity contribution is 0.0250. The van der Waals surface area contributed by atoms with Crippen molar-refractivity contribution in [3.05, 3.63) is 134 Å². The summed E-state index contributed by atoms with van der Waals surface area (Å²) in [7, 11) is 1.30. The lowest BCUT2D eigenvalue weighted by Crippen LogP contribution is -2.30. The zero-order valence-electron chi connectivity index (χ0n) is 23.4. The number of carbonyl (C=O) groups is 3. The number of rotatable bonds is 5. The third-order valence-corrected chi connectivity index (χ3v) is 7.71. The van der Waals surface area contributed by atoms with Gasteiger partial charge in [0.1, 0.15) is 5.75 Å². The molecule has 6 nitrogen and oxygen atoms in total. The molecule has 0 saturated carbocycles. The van der Waals surface area contributed by atoms with Crippen LogP contribution >= 0.6 is 0 Å². The first kappa shape index (κ1) is 26.9. The van der Waals surface area contributed by atoms with Gasteiger partial charge in [0.2, 0.25) is 0 Å². The topological polar surface area (TPSA) is 78.9 Å². The fourth-order valence-electron chi connectivity index (χ4n) is 5.38. The maximum absolute atomic E-state index is 13.2. The molecule has 0 fully saturated rings. The summed E-state index contributed by atoms with van der Waals surface area (Å²) in [5, 5.41) is 0. The standard InChI is InChI=1S/C34H30O6/c1-19-15-26(16-20(2)23(19)5)34(29-10-8-7-9-28(29)33(37)40-34)27-17-21(3)30(22(4)18-27)39-32(36)25-13-11-24(12-14-25)31(35)38-6/h7-18H,1-6H3. The Kier molecular flexibility index (Phi) is 6.80. The van der Waals surface area contributed by atoms with E-state index in [-0.39, 0.29) is 5.97 Å². The summed E-state index contributed by atoms with van der Waals surface area (Å²) in [6.07, 6.45) is 0. The molecule has 1 atom stereocenters. The third kappa shape index (κ3) is 4.35. The largest absolute Gasteiger partial charge is 0.465 e. The van der Waals surface area contributed by atoms with Crippen LogP contribution in [0.3, 0.4) is 0 Å². The molecule has 0 spiro atoms. The van der Waals surface area contributed by atoms with Crippen molar-refractivity contribution in [3.63, 3.8) is 0 Å². The highest BCUT2D eigenvalue weighted by atomic mass is 16.6. The van der Waals surface area contributed by atoms with Gasteiger partial charge in [-0.3, -0.25) is 0 Å². The normalized spacial score (nSPS) is 15.8. The van der Waals surface area contributed by atoms with E-state index in [0.29, 0.717) is 22.4 Å². The maximum Gasteiger partial charge on any atom is 0.343 e. The van der Waals surface area contributed by atoms with Crippen molar-refractivity contribution in [2.24, 2.45) is 0 Å². The first-order valence-electron chi connectivity index (χ1n) is 13.0. The van der Waals surface area contributed by atoms with Crippen LogP contribution in [0.15, 0.2) is 72.8 Å². The number of ether oxygens (including phenoxy) is 3. The second-order valence-corrected chi connectivity index (χ2v) is 10.2. The van der Waals surface area contributed by atoms with Crippen molar-refractivity contribution >= 4 is 17.9 Å². The lowest BCUT2D eigenvalue weighted by atomic mass is 9.77. The Balaban J connectivity index is 1.59. The molecule has 0 amide bonds. The summed E-state index contributed by atoms with van der Waals surface area (Å²) >= 11 is 0. The molecule has 4 aromatic rings. The van der Waals surface area contributed by atoms with Gasteiger partial charge in [-0.1, -0.05) is 30.3 Å². The molecule has 0 aliphatic carbocycles. The highest BCUT2D eigenvalue weighted by Gasteiger charge is 2.49. The first-order chi connectivity index (χ1) is 19.1. The number of methoxy groups -OCH3 is 1. The van der Waals surface area contributed by atoms with Crippen molar-refractivity contribution in [3.8, 4) is 5.75 Å². The summed E-state index contributed by atoms with van der Waals surface area (Å²) in [6, 6.07) is 21.5. The van der Waals surface area contributed by atoms with Gasteiger partial charge >= 0.3 is 17.9 Å². The Bertz CT molecular complexity index is 1640. The molecular weight excluding hydrogens is 504 g/mol. The van der Waals surface area contributed by atoms with Gasteiger partial charge in [0.25, 0.3) is 0 Å². The molecule has 0 N–H and O–H groups in total. The monoisotopic (exact) mass is 534 g/mol. The molecule has 1 aliphatic rings. The highest BCUT2D eigenvalue weighted by molar-refractivity contribution is 5.97. The molecule has 1 heterocycles. The number of carbonyl (C=O) groups excluding carboxylic acids is 3. The summed E-state index contributed by atoms with van der Waals surface area (Å²) in [6.45, 7) is 9.91. The molecule has 1 unspecified atom stereocenters. The number of hydrogen-bond donors (Lipinski definition) is 0. The van der Waals surface area contributed by atoms with Crippen LogP contribution in [0, 0.1) is 34.6 Å². The van der Waals surface area contributed by atoms with Crippen LogP contribution in [-0.2, 0) is 15.1 Å². The number of esters is 3. The van der Waals surface area contributed by atoms with Crippen LogP contribution in [-0.4, -0.2) is 25.0 Å². The van der Waals surface area contributed by atoms with Crippen LogP contribution in [0.5, 0.6) is 5.75 Å². The van der Waals surface area contributed by atoms with Crippen LogP contribution in [0.25, 0.3) is 0 Å².